The molecule has 4 rings (SSSR count). The number of aromatic nitrogens is 4. The number of nitrogens with one attached hydrogen (secondary N) is 2. The Morgan fingerprint density at radius 1 is 1.07 bits per heavy atom. The van der Waals surface area contributed by atoms with E-state index in [0.717, 1.165) is 4.57 Å². The summed E-state index contributed by atoms with van der Waals surface area (Å²) in [4.78, 5) is 73.8. The minimum absolute atomic E-state index is 0.0459. The molecule has 11 nitrogen and oxygen atoms in total. The van der Waals surface area contributed by atoms with E-state index in [0.29, 0.717) is 5.06 Å². The van der Waals surface area contributed by atoms with Crippen LogP contribution >= 0.6 is 0 Å². The predicted molar refractivity (Wildman–Crippen MR) is 93.3 cm³/mol. The molecular weight excluding hydrogens is 370 g/mol. The standard InChI is InChI=1S/C17H13N5O6/c1-21-13-12(14(24)20-17(21)27)18-10(19-13)6-7-11(23)28-22-15(25)8-4-2-3-5-9(8)16(22)26/h2-5H,6-7H2,1H3,(H,18,19)(H,20,24,27). The van der Waals surface area contributed by atoms with Crippen LogP contribution in [0.1, 0.15) is 33.0 Å². The Hall–Kier alpha value is -4.02. The number of carbonyl (C=O) groups excluding carboxylic acids is 3. The van der Waals surface area contributed by atoms with Crippen LogP contribution in [0.25, 0.3) is 11.2 Å². The van der Waals surface area contributed by atoms with Crippen LogP contribution in [0.5, 0.6) is 0 Å². The van der Waals surface area contributed by atoms with Crippen molar-refractivity contribution in [2.75, 3.05) is 0 Å². The van der Waals surface area contributed by atoms with E-state index in [9.17, 15) is 24.0 Å². The van der Waals surface area contributed by atoms with Crippen molar-refractivity contribution in [3.63, 3.8) is 0 Å². The number of hydrogen-bond acceptors (Lipinski definition) is 7. The first-order valence-corrected chi connectivity index (χ1v) is 8.23. The lowest BCUT2D eigenvalue weighted by Crippen LogP contribution is -2.32. The van der Waals surface area contributed by atoms with Gasteiger partial charge in [0.15, 0.2) is 5.65 Å². The number of benzene rings is 1. The van der Waals surface area contributed by atoms with Crippen LogP contribution < -0.4 is 11.2 Å². The summed E-state index contributed by atoms with van der Waals surface area (Å²) in [6, 6.07) is 6.15. The van der Waals surface area contributed by atoms with Crippen LogP contribution in [0.15, 0.2) is 33.9 Å². The fraction of sp³-hybridized carbons (Fsp3) is 0.176. The van der Waals surface area contributed by atoms with Gasteiger partial charge in [-0.1, -0.05) is 17.2 Å². The average Bonchev–Trinajstić information content (AvgIpc) is 3.21. The summed E-state index contributed by atoms with van der Waals surface area (Å²) in [7, 11) is 1.45. The number of carbonyl (C=O) groups is 3. The lowest BCUT2D eigenvalue weighted by molar-refractivity contribution is -0.168. The zero-order chi connectivity index (χ0) is 20.0. The Morgan fingerprint density at radius 3 is 2.36 bits per heavy atom. The quantitative estimate of drug-likeness (QED) is 0.585. The van der Waals surface area contributed by atoms with Crippen molar-refractivity contribution >= 4 is 28.9 Å². The van der Waals surface area contributed by atoms with Gasteiger partial charge in [-0.25, -0.2) is 14.6 Å². The van der Waals surface area contributed by atoms with Crippen LogP contribution in [0.4, 0.5) is 0 Å². The molecular formula is C17H13N5O6. The van der Waals surface area contributed by atoms with Crippen molar-refractivity contribution in [3.05, 3.63) is 62.1 Å². The molecule has 1 aromatic carbocycles. The highest BCUT2D eigenvalue weighted by Gasteiger charge is 2.38. The first kappa shape index (κ1) is 17.4. The third-order valence-corrected chi connectivity index (χ3v) is 4.32. The number of rotatable bonds is 4. The summed E-state index contributed by atoms with van der Waals surface area (Å²) < 4.78 is 1.16. The van der Waals surface area contributed by atoms with E-state index in [2.05, 4.69) is 15.0 Å². The van der Waals surface area contributed by atoms with Crippen LogP contribution in [-0.4, -0.2) is 42.4 Å². The van der Waals surface area contributed by atoms with Crippen LogP contribution in [0.3, 0.4) is 0 Å². The van der Waals surface area contributed by atoms with Crippen molar-refractivity contribution < 1.29 is 19.2 Å². The van der Waals surface area contributed by atoms with E-state index in [-0.39, 0.29) is 41.0 Å². The van der Waals surface area contributed by atoms with Gasteiger partial charge in [0, 0.05) is 13.5 Å². The molecule has 0 radical (unpaired) electrons. The maximum Gasteiger partial charge on any atom is 0.333 e. The van der Waals surface area contributed by atoms with E-state index in [1.54, 1.807) is 12.1 Å². The summed E-state index contributed by atoms with van der Waals surface area (Å²) in [5, 5.41) is 0.431. The van der Waals surface area contributed by atoms with Gasteiger partial charge in [-0.3, -0.25) is 23.9 Å². The number of imide groups is 1. The molecule has 11 heteroatoms. The third kappa shape index (κ3) is 2.69. The average molecular weight is 383 g/mol. The highest BCUT2D eigenvalue weighted by molar-refractivity contribution is 6.20. The zero-order valence-corrected chi connectivity index (χ0v) is 14.5. The Kier molecular flexibility index (Phi) is 3.91. The molecule has 2 N–H and O–H groups in total. The van der Waals surface area contributed by atoms with Gasteiger partial charge in [0.25, 0.3) is 17.4 Å². The van der Waals surface area contributed by atoms with Crippen LogP contribution in [0.2, 0.25) is 0 Å². The van der Waals surface area contributed by atoms with Gasteiger partial charge in [-0.05, 0) is 12.1 Å². The van der Waals surface area contributed by atoms with Crippen molar-refractivity contribution in [1.29, 1.82) is 0 Å². The van der Waals surface area contributed by atoms with E-state index in [1.165, 1.54) is 19.2 Å². The van der Waals surface area contributed by atoms with Gasteiger partial charge in [0.05, 0.1) is 17.5 Å². The fourth-order valence-corrected chi connectivity index (χ4v) is 2.89. The Morgan fingerprint density at radius 2 is 1.71 bits per heavy atom. The Bertz CT molecular complexity index is 1230. The second kappa shape index (κ2) is 6.30. The molecule has 0 aliphatic carbocycles. The number of aryl methyl sites for hydroxylation is 2. The molecule has 0 atom stereocenters. The first-order chi connectivity index (χ1) is 13.4. The SMILES string of the molecule is Cn1c(=O)[nH]c(=O)c2[nH]c(CCC(=O)ON3C(=O)c4ccccc4C3=O)nc21. The van der Waals surface area contributed by atoms with E-state index >= 15 is 0 Å². The number of imidazole rings is 1. The maximum absolute atomic E-state index is 12.2. The molecule has 0 saturated carbocycles. The number of hydrogen-bond donors (Lipinski definition) is 2. The van der Waals surface area contributed by atoms with Gasteiger partial charge in [-0.15, -0.1) is 0 Å². The Labute approximate surface area is 155 Å². The monoisotopic (exact) mass is 383 g/mol. The van der Waals surface area contributed by atoms with Gasteiger partial charge in [-0.2, -0.15) is 0 Å². The molecule has 0 bridgehead atoms. The molecule has 142 valence electrons. The maximum atomic E-state index is 12.2. The Balaban J connectivity index is 1.47. The van der Waals surface area contributed by atoms with Gasteiger partial charge in [0.1, 0.15) is 11.3 Å². The van der Waals surface area contributed by atoms with Crippen LogP contribution in [0, 0.1) is 0 Å². The lowest BCUT2D eigenvalue weighted by atomic mass is 10.1. The van der Waals surface area contributed by atoms with E-state index in [4.69, 9.17) is 4.84 Å². The van der Waals surface area contributed by atoms with Gasteiger partial charge in [0.2, 0.25) is 0 Å². The smallest absolute Gasteiger partial charge is 0.333 e. The van der Waals surface area contributed by atoms with E-state index < -0.39 is 29.0 Å². The molecule has 0 unspecified atom stereocenters. The molecule has 1 aliphatic heterocycles. The molecule has 0 fully saturated rings. The minimum atomic E-state index is -0.822. The molecule has 0 saturated heterocycles. The van der Waals surface area contributed by atoms with Gasteiger partial charge >= 0.3 is 11.7 Å². The molecule has 3 aromatic rings. The van der Waals surface area contributed by atoms with Crippen molar-refractivity contribution in [1.82, 2.24) is 24.6 Å². The van der Waals surface area contributed by atoms with Gasteiger partial charge < -0.3 is 9.82 Å². The van der Waals surface area contributed by atoms with Crippen molar-refractivity contribution in [2.24, 2.45) is 7.05 Å². The largest absolute Gasteiger partial charge is 0.336 e. The summed E-state index contributed by atoms with van der Waals surface area (Å²) in [6.45, 7) is 0. The first-order valence-electron chi connectivity index (χ1n) is 8.23. The zero-order valence-electron chi connectivity index (χ0n) is 14.5. The van der Waals surface area contributed by atoms with E-state index in [1.807, 2.05) is 0 Å². The normalized spacial score (nSPS) is 13.2. The molecule has 0 spiro atoms. The number of nitrogens with zero attached hydrogens (tertiary/aromatic N) is 3. The topological polar surface area (TPSA) is 147 Å². The summed E-state index contributed by atoms with van der Waals surface area (Å²) in [5.41, 5.74) is -0.648. The third-order valence-electron chi connectivity index (χ3n) is 4.32. The summed E-state index contributed by atoms with van der Waals surface area (Å²) in [6.07, 6.45) is -0.163. The molecule has 2 aromatic heterocycles. The molecule has 2 amide bonds. The second-order valence-corrected chi connectivity index (χ2v) is 6.11. The van der Waals surface area contributed by atoms with Crippen LogP contribution in [-0.2, 0) is 23.1 Å². The fourth-order valence-electron chi connectivity index (χ4n) is 2.89. The summed E-state index contributed by atoms with van der Waals surface area (Å²) in [5.74, 6) is -1.96. The number of amides is 2. The molecule has 3 heterocycles. The number of H-pyrrole nitrogens is 2. The molecule has 1 aliphatic rings. The summed E-state index contributed by atoms with van der Waals surface area (Å²) >= 11 is 0. The minimum Gasteiger partial charge on any atom is -0.336 e. The van der Waals surface area contributed by atoms with Crippen molar-refractivity contribution in [3.8, 4) is 0 Å². The highest BCUT2D eigenvalue weighted by Crippen LogP contribution is 2.22. The van der Waals surface area contributed by atoms with Crippen molar-refractivity contribution in [2.45, 2.75) is 12.8 Å². The number of fused-ring (bicyclic) bond motifs is 2. The number of aromatic amines is 2. The lowest BCUT2D eigenvalue weighted by Gasteiger charge is -2.12. The predicted octanol–water partition coefficient (Wildman–Crippen LogP) is -0.363. The second-order valence-electron chi connectivity index (χ2n) is 6.11. The highest BCUT2D eigenvalue weighted by atomic mass is 16.7. The molecule has 28 heavy (non-hydrogen) atoms. The number of hydroxylamine groups is 2.